The van der Waals surface area contributed by atoms with Gasteiger partial charge in [-0.3, -0.25) is 0 Å². The average molecular weight is 333 g/mol. The van der Waals surface area contributed by atoms with Crippen molar-refractivity contribution in [1.29, 1.82) is 0 Å². The fourth-order valence-corrected chi connectivity index (χ4v) is 3.91. The van der Waals surface area contributed by atoms with Crippen LogP contribution in [0.4, 0.5) is 0 Å². The van der Waals surface area contributed by atoms with Gasteiger partial charge in [0.1, 0.15) is 0 Å². The number of thioether (sulfide) groups is 3. The van der Waals surface area contributed by atoms with E-state index in [0.29, 0.717) is 19.8 Å². The molecular formula is C10H24O4S3Si. The molecule has 0 spiro atoms. The van der Waals surface area contributed by atoms with Crippen molar-refractivity contribution in [3.8, 4) is 0 Å². The van der Waals surface area contributed by atoms with Gasteiger partial charge in [-0.1, -0.05) is 0 Å². The summed E-state index contributed by atoms with van der Waals surface area (Å²) in [6.45, 7) is 1.79. The Morgan fingerprint density at radius 3 is 1.28 bits per heavy atom. The van der Waals surface area contributed by atoms with E-state index in [2.05, 4.69) is 0 Å². The predicted octanol–water partition coefficient (Wildman–Crippen LogP) is 2.21. The molecule has 0 aromatic rings. The van der Waals surface area contributed by atoms with Crippen molar-refractivity contribution in [1.82, 2.24) is 0 Å². The van der Waals surface area contributed by atoms with Gasteiger partial charge in [-0.25, -0.2) is 0 Å². The summed E-state index contributed by atoms with van der Waals surface area (Å²) in [5.41, 5.74) is 0. The summed E-state index contributed by atoms with van der Waals surface area (Å²) in [6.07, 6.45) is 6.13. The maximum Gasteiger partial charge on any atom is 0.679 e. The fourth-order valence-electron chi connectivity index (χ4n) is 1.05. The molecule has 8 heteroatoms. The first-order chi connectivity index (χ1) is 8.74. The highest BCUT2D eigenvalue weighted by molar-refractivity contribution is 7.99. The molecule has 0 aliphatic rings. The van der Waals surface area contributed by atoms with Crippen LogP contribution in [-0.4, -0.2) is 72.0 Å². The minimum atomic E-state index is -2.92. The predicted molar refractivity (Wildman–Crippen MR) is 85.8 cm³/mol. The molecule has 0 fully saturated rings. The van der Waals surface area contributed by atoms with E-state index in [4.69, 9.17) is 17.7 Å². The van der Waals surface area contributed by atoms with Gasteiger partial charge in [-0.15, -0.1) is 0 Å². The lowest BCUT2D eigenvalue weighted by atomic mass is 10.9. The molecule has 0 saturated carbocycles. The van der Waals surface area contributed by atoms with Gasteiger partial charge in [-0.2, -0.15) is 35.3 Å². The van der Waals surface area contributed by atoms with Gasteiger partial charge >= 0.3 is 9.05 Å². The number of hydrogen-bond acceptors (Lipinski definition) is 7. The lowest BCUT2D eigenvalue weighted by molar-refractivity contribution is -0.0123. The standard InChI is InChI=1S/C10H24O4S3Si/c1-11-18(12-5-8-15-2,13-6-9-16-3)14-7-10-17-4/h5-10H2,1-4H3. The highest BCUT2D eigenvalue weighted by Gasteiger charge is 2.44. The first-order valence-electron chi connectivity index (χ1n) is 5.68. The lowest BCUT2D eigenvalue weighted by Gasteiger charge is -2.26. The zero-order valence-corrected chi connectivity index (χ0v) is 15.0. The summed E-state index contributed by atoms with van der Waals surface area (Å²) in [4.78, 5) is 0. The molecule has 0 aliphatic carbocycles. The monoisotopic (exact) mass is 332 g/mol. The van der Waals surface area contributed by atoms with E-state index < -0.39 is 9.05 Å². The minimum absolute atomic E-state index is 0.597. The van der Waals surface area contributed by atoms with Crippen LogP contribution < -0.4 is 0 Å². The molecule has 110 valence electrons. The van der Waals surface area contributed by atoms with Crippen LogP contribution in [0.25, 0.3) is 0 Å². The Morgan fingerprint density at radius 1 is 0.722 bits per heavy atom. The smallest absolute Gasteiger partial charge is 0.355 e. The van der Waals surface area contributed by atoms with Crippen molar-refractivity contribution in [3.63, 3.8) is 0 Å². The molecule has 0 amide bonds. The van der Waals surface area contributed by atoms with Gasteiger partial charge in [0.25, 0.3) is 0 Å². The second kappa shape index (κ2) is 13.1. The maximum absolute atomic E-state index is 5.75. The molecule has 0 atom stereocenters. The van der Waals surface area contributed by atoms with Gasteiger partial charge in [0.15, 0.2) is 0 Å². The van der Waals surface area contributed by atoms with Crippen LogP contribution in [0.3, 0.4) is 0 Å². The molecule has 0 N–H and O–H groups in total. The molecule has 0 bridgehead atoms. The molecule has 4 nitrogen and oxygen atoms in total. The molecule has 0 unspecified atom stereocenters. The largest absolute Gasteiger partial charge is 0.679 e. The number of rotatable bonds is 13. The Morgan fingerprint density at radius 2 is 1.06 bits per heavy atom. The van der Waals surface area contributed by atoms with Crippen LogP contribution in [-0.2, 0) is 17.7 Å². The number of hydrogen-bond donors (Lipinski definition) is 0. The van der Waals surface area contributed by atoms with Crippen LogP contribution in [0, 0.1) is 0 Å². The Hall–Kier alpha value is 1.11. The Kier molecular flexibility index (Phi) is 13.9. The topological polar surface area (TPSA) is 36.9 Å². The lowest BCUT2D eigenvalue weighted by Crippen LogP contribution is -2.49. The van der Waals surface area contributed by atoms with Crippen LogP contribution in [0.1, 0.15) is 0 Å². The Labute approximate surface area is 125 Å². The second-order valence-corrected chi connectivity index (χ2v) is 8.46. The molecule has 0 aromatic carbocycles. The van der Waals surface area contributed by atoms with Gasteiger partial charge in [0.05, 0.1) is 0 Å². The van der Waals surface area contributed by atoms with E-state index in [0.717, 1.165) is 17.3 Å². The van der Waals surface area contributed by atoms with Crippen molar-refractivity contribution >= 4 is 44.3 Å². The zero-order valence-electron chi connectivity index (χ0n) is 11.6. The first-order valence-corrected chi connectivity index (χ1v) is 11.5. The van der Waals surface area contributed by atoms with E-state index in [1.807, 2.05) is 18.8 Å². The van der Waals surface area contributed by atoms with Crippen molar-refractivity contribution in [2.45, 2.75) is 0 Å². The third kappa shape index (κ3) is 9.08. The third-order valence-corrected chi connectivity index (χ3v) is 5.85. The highest BCUT2D eigenvalue weighted by atomic mass is 32.2. The molecule has 0 heterocycles. The fraction of sp³-hybridized carbons (Fsp3) is 1.00. The van der Waals surface area contributed by atoms with Gasteiger partial charge in [0, 0.05) is 44.2 Å². The SMILES string of the molecule is CO[Si](OCCSC)(OCCSC)OCCSC. The van der Waals surface area contributed by atoms with E-state index in [1.54, 1.807) is 42.4 Å². The minimum Gasteiger partial charge on any atom is -0.355 e. The molecule has 0 aromatic heterocycles. The first kappa shape index (κ1) is 19.1. The van der Waals surface area contributed by atoms with E-state index in [1.165, 1.54) is 0 Å². The van der Waals surface area contributed by atoms with Crippen molar-refractivity contribution in [2.24, 2.45) is 0 Å². The molecule has 18 heavy (non-hydrogen) atoms. The second-order valence-electron chi connectivity index (χ2n) is 3.23. The van der Waals surface area contributed by atoms with Crippen LogP contribution in [0.15, 0.2) is 0 Å². The Balaban J connectivity index is 4.20. The normalized spacial score (nSPS) is 12.0. The van der Waals surface area contributed by atoms with Crippen LogP contribution >= 0.6 is 35.3 Å². The summed E-state index contributed by atoms with van der Waals surface area (Å²) >= 11 is 5.20. The van der Waals surface area contributed by atoms with Gasteiger partial charge in [-0.05, 0) is 18.8 Å². The molecule has 0 saturated heterocycles. The molecular weight excluding hydrogens is 308 g/mol. The van der Waals surface area contributed by atoms with Crippen molar-refractivity contribution in [2.75, 3.05) is 63.0 Å². The average Bonchev–Trinajstić information content (AvgIpc) is 2.39. The van der Waals surface area contributed by atoms with Crippen molar-refractivity contribution < 1.29 is 17.7 Å². The van der Waals surface area contributed by atoms with Gasteiger partial charge in [0.2, 0.25) is 0 Å². The highest BCUT2D eigenvalue weighted by Crippen LogP contribution is 2.13. The Bertz CT molecular complexity index is 162. The van der Waals surface area contributed by atoms with E-state index in [9.17, 15) is 0 Å². The van der Waals surface area contributed by atoms with Crippen LogP contribution in [0.2, 0.25) is 0 Å². The molecule has 0 rings (SSSR count). The van der Waals surface area contributed by atoms with E-state index >= 15 is 0 Å². The quantitative estimate of drug-likeness (QED) is 0.378. The third-order valence-electron chi connectivity index (χ3n) is 1.95. The summed E-state index contributed by atoms with van der Waals surface area (Å²) in [5.74, 6) is 2.74. The molecule has 0 radical (unpaired) electrons. The van der Waals surface area contributed by atoms with Crippen LogP contribution in [0.5, 0.6) is 0 Å². The zero-order chi connectivity index (χ0) is 13.7. The van der Waals surface area contributed by atoms with E-state index in [-0.39, 0.29) is 0 Å². The summed E-state index contributed by atoms with van der Waals surface area (Å²) in [6, 6.07) is 0. The summed E-state index contributed by atoms with van der Waals surface area (Å²) < 4.78 is 22.7. The maximum atomic E-state index is 5.75. The molecule has 0 aliphatic heterocycles. The van der Waals surface area contributed by atoms with Gasteiger partial charge < -0.3 is 17.7 Å². The summed E-state index contributed by atoms with van der Waals surface area (Å²) in [7, 11) is -1.32. The van der Waals surface area contributed by atoms with Crippen molar-refractivity contribution in [3.05, 3.63) is 0 Å². The summed E-state index contributed by atoms with van der Waals surface area (Å²) in [5, 5.41) is 0.